The molecule has 1 rings (SSSR count). The molecule has 0 unspecified atom stereocenters. The highest BCUT2D eigenvalue weighted by atomic mass is 127. The Hall–Kier alpha value is -0.0331. The molecule has 1 aromatic rings. The Bertz CT molecular complexity index is 331. The molecule has 0 heterocycles. The topological polar surface area (TPSA) is 9.23 Å². The highest BCUT2D eigenvalue weighted by Gasteiger charge is 2.13. The molecule has 0 aliphatic heterocycles. The van der Waals surface area contributed by atoms with E-state index in [2.05, 4.69) is 61.6 Å². The fourth-order valence-corrected chi connectivity index (χ4v) is 2.67. The van der Waals surface area contributed by atoms with Crippen LogP contribution < -0.4 is 4.74 Å². The molecule has 0 saturated carbocycles. The molecule has 0 atom stereocenters. The maximum atomic E-state index is 5.87. The van der Waals surface area contributed by atoms with Crippen molar-refractivity contribution in [2.75, 3.05) is 0 Å². The lowest BCUT2D eigenvalue weighted by Crippen LogP contribution is -2.23. The van der Waals surface area contributed by atoms with Gasteiger partial charge in [-0.15, -0.1) is 0 Å². The van der Waals surface area contributed by atoms with E-state index in [1.807, 2.05) is 0 Å². The summed E-state index contributed by atoms with van der Waals surface area (Å²) in [6.45, 7) is 6.23. The van der Waals surface area contributed by atoms with Crippen molar-refractivity contribution >= 4 is 32.8 Å². The van der Waals surface area contributed by atoms with Crippen LogP contribution in [-0.4, -0.2) is 15.8 Å². The third-order valence-corrected chi connectivity index (χ3v) is 3.29. The van der Waals surface area contributed by atoms with Gasteiger partial charge in [0.1, 0.15) is 11.4 Å². The zero-order valence-electron chi connectivity index (χ0n) is 9.93. The molecule has 0 aliphatic rings. The second kappa shape index (κ2) is 5.34. The number of benzene rings is 1. The standard InChI is InChI=1S/C12H19IOSi/c1-12(2,3)14-11-5-4-9(6-7-15)8-10(11)13/h4-5,8H,6-7H2,1-3,15H3. The van der Waals surface area contributed by atoms with Crippen molar-refractivity contribution in [1.29, 1.82) is 0 Å². The van der Waals surface area contributed by atoms with Crippen LogP contribution in [0.2, 0.25) is 6.04 Å². The van der Waals surface area contributed by atoms with Gasteiger partial charge in [-0.1, -0.05) is 12.1 Å². The molecule has 15 heavy (non-hydrogen) atoms. The van der Waals surface area contributed by atoms with Gasteiger partial charge in [0.2, 0.25) is 0 Å². The number of rotatable bonds is 3. The lowest BCUT2D eigenvalue weighted by Gasteiger charge is -2.22. The van der Waals surface area contributed by atoms with Gasteiger partial charge in [-0.25, -0.2) is 0 Å². The smallest absolute Gasteiger partial charge is 0.133 e. The largest absolute Gasteiger partial charge is 0.487 e. The van der Waals surface area contributed by atoms with Crippen LogP contribution in [0.3, 0.4) is 0 Å². The van der Waals surface area contributed by atoms with Gasteiger partial charge in [0.15, 0.2) is 0 Å². The van der Waals surface area contributed by atoms with E-state index < -0.39 is 0 Å². The van der Waals surface area contributed by atoms with E-state index in [0.717, 1.165) is 5.75 Å². The summed E-state index contributed by atoms with van der Waals surface area (Å²) < 4.78 is 7.08. The van der Waals surface area contributed by atoms with E-state index in [4.69, 9.17) is 4.74 Å². The van der Waals surface area contributed by atoms with Crippen molar-refractivity contribution in [3.8, 4) is 5.75 Å². The fraction of sp³-hybridized carbons (Fsp3) is 0.500. The van der Waals surface area contributed by atoms with Gasteiger partial charge in [0.05, 0.1) is 3.57 Å². The Kier molecular flexibility index (Phi) is 4.64. The van der Waals surface area contributed by atoms with Gasteiger partial charge in [0.25, 0.3) is 0 Å². The summed E-state index contributed by atoms with van der Waals surface area (Å²) in [5.74, 6) is 1.00. The first-order valence-corrected chi connectivity index (χ1v) is 7.89. The Morgan fingerprint density at radius 1 is 1.33 bits per heavy atom. The molecule has 0 aliphatic carbocycles. The third kappa shape index (κ3) is 4.55. The summed E-state index contributed by atoms with van der Waals surface area (Å²) in [4.78, 5) is 0. The second-order valence-corrected chi connectivity index (χ2v) is 6.89. The third-order valence-electron chi connectivity index (χ3n) is 1.95. The normalized spacial score (nSPS) is 11.7. The number of hydrogen-bond donors (Lipinski definition) is 0. The minimum Gasteiger partial charge on any atom is -0.487 e. The lowest BCUT2D eigenvalue weighted by molar-refractivity contribution is 0.129. The molecular formula is C12H19IOSi. The van der Waals surface area contributed by atoms with E-state index in [-0.39, 0.29) is 5.60 Å². The Balaban J connectivity index is 2.84. The Labute approximate surface area is 109 Å². The van der Waals surface area contributed by atoms with Gasteiger partial charge in [-0.05, 0) is 67.5 Å². The van der Waals surface area contributed by atoms with E-state index >= 15 is 0 Å². The highest BCUT2D eigenvalue weighted by molar-refractivity contribution is 14.1. The molecular weight excluding hydrogens is 315 g/mol. The van der Waals surface area contributed by atoms with Crippen molar-refractivity contribution in [3.05, 3.63) is 27.3 Å². The molecule has 0 radical (unpaired) electrons. The maximum Gasteiger partial charge on any atom is 0.133 e. The summed E-state index contributed by atoms with van der Waals surface area (Å²) in [5.41, 5.74) is 1.31. The molecule has 84 valence electrons. The first-order chi connectivity index (χ1) is 6.92. The van der Waals surface area contributed by atoms with Crippen LogP contribution in [0, 0.1) is 3.57 Å². The predicted octanol–water partition coefficient (Wildman–Crippen LogP) is 2.79. The number of halogens is 1. The van der Waals surface area contributed by atoms with Crippen LogP contribution >= 0.6 is 22.6 Å². The summed E-state index contributed by atoms with van der Waals surface area (Å²) >= 11 is 2.35. The van der Waals surface area contributed by atoms with E-state index in [1.54, 1.807) is 0 Å². The minimum absolute atomic E-state index is 0.112. The molecule has 0 saturated heterocycles. The number of hydrogen-bond acceptors (Lipinski definition) is 1. The van der Waals surface area contributed by atoms with Crippen molar-refractivity contribution in [3.63, 3.8) is 0 Å². The van der Waals surface area contributed by atoms with E-state index in [0.29, 0.717) is 0 Å². The van der Waals surface area contributed by atoms with Gasteiger partial charge >= 0.3 is 0 Å². The molecule has 3 heteroatoms. The van der Waals surface area contributed by atoms with Crippen molar-refractivity contribution in [2.24, 2.45) is 0 Å². The molecule has 0 N–H and O–H groups in total. The molecule has 1 nitrogen and oxygen atoms in total. The van der Waals surface area contributed by atoms with E-state index in [1.165, 1.54) is 31.8 Å². The van der Waals surface area contributed by atoms with Crippen molar-refractivity contribution in [2.45, 2.75) is 38.8 Å². The summed E-state index contributed by atoms with van der Waals surface area (Å²) in [6, 6.07) is 7.84. The molecule has 1 aromatic carbocycles. The highest BCUT2D eigenvalue weighted by Crippen LogP contribution is 2.26. The van der Waals surface area contributed by atoms with Gasteiger partial charge in [0, 0.05) is 10.2 Å². The number of aryl methyl sites for hydroxylation is 1. The quantitative estimate of drug-likeness (QED) is 0.610. The van der Waals surface area contributed by atoms with Crippen LogP contribution in [0.15, 0.2) is 18.2 Å². The average molecular weight is 334 g/mol. The first-order valence-electron chi connectivity index (χ1n) is 5.40. The van der Waals surface area contributed by atoms with Crippen LogP contribution in [0.1, 0.15) is 26.3 Å². The van der Waals surface area contributed by atoms with Crippen molar-refractivity contribution in [1.82, 2.24) is 0 Å². The van der Waals surface area contributed by atoms with Crippen LogP contribution in [0.5, 0.6) is 5.75 Å². The zero-order chi connectivity index (χ0) is 11.5. The summed E-state index contributed by atoms with van der Waals surface area (Å²) in [7, 11) is 1.28. The fourth-order valence-electron chi connectivity index (χ4n) is 1.40. The van der Waals surface area contributed by atoms with Crippen LogP contribution in [0.25, 0.3) is 0 Å². The molecule has 0 spiro atoms. The second-order valence-electron chi connectivity index (χ2n) is 4.73. The molecule has 0 fully saturated rings. The predicted molar refractivity (Wildman–Crippen MR) is 78.0 cm³/mol. The molecule has 0 amide bonds. The maximum absolute atomic E-state index is 5.87. The number of ether oxygens (including phenoxy) is 1. The van der Waals surface area contributed by atoms with E-state index in [9.17, 15) is 0 Å². The zero-order valence-corrected chi connectivity index (χ0v) is 14.1. The van der Waals surface area contributed by atoms with Crippen LogP contribution in [-0.2, 0) is 6.42 Å². The summed E-state index contributed by atoms with van der Waals surface area (Å²) in [5, 5.41) is 0. The Morgan fingerprint density at radius 3 is 2.47 bits per heavy atom. The monoisotopic (exact) mass is 334 g/mol. The van der Waals surface area contributed by atoms with Gasteiger partial charge < -0.3 is 4.74 Å². The Morgan fingerprint density at radius 2 is 2.00 bits per heavy atom. The van der Waals surface area contributed by atoms with Crippen LogP contribution in [0.4, 0.5) is 0 Å². The lowest BCUT2D eigenvalue weighted by atomic mass is 10.1. The summed E-state index contributed by atoms with van der Waals surface area (Å²) in [6.07, 6.45) is 1.21. The van der Waals surface area contributed by atoms with Gasteiger partial charge in [-0.2, -0.15) is 0 Å². The first kappa shape index (κ1) is 13.0. The van der Waals surface area contributed by atoms with Crippen molar-refractivity contribution < 1.29 is 4.74 Å². The van der Waals surface area contributed by atoms with Gasteiger partial charge in [-0.3, -0.25) is 0 Å². The average Bonchev–Trinajstić information content (AvgIpc) is 2.08. The SMILES string of the molecule is CC(C)(C)Oc1ccc(CC[SiH3])cc1I. The minimum atomic E-state index is -0.112. The molecule has 0 bridgehead atoms. The molecule has 0 aromatic heterocycles.